The molecular weight excluding hydrogens is 378 g/mol. The third-order valence-electron chi connectivity index (χ3n) is 5.35. The Morgan fingerprint density at radius 1 is 1.18 bits per heavy atom. The zero-order valence-electron chi connectivity index (χ0n) is 16.3. The third-order valence-corrected chi connectivity index (χ3v) is 5.61. The van der Waals surface area contributed by atoms with E-state index in [1.807, 2.05) is 25.3 Å². The van der Waals surface area contributed by atoms with Gasteiger partial charge in [-0.15, -0.1) is 0 Å². The van der Waals surface area contributed by atoms with Gasteiger partial charge in [-0.25, -0.2) is 4.79 Å². The topological polar surface area (TPSA) is 66.2 Å². The SMILES string of the molecule is CC[C@H](C)n1c(C)cn2c3c(=O)n(Cc4ccc(Cl)cc4)c(=O)n(C)c3nc12. The van der Waals surface area contributed by atoms with Crippen LogP contribution in [0.4, 0.5) is 0 Å². The minimum Gasteiger partial charge on any atom is -0.311 e. The van der Waals surface area contributed by atoms with Gasteiger partial charge >= 0.3 is 5.69 Å². The molecule has 1 atom stereocenters. The van der Waals surface area contributed by atoms with Gasteiger partial charge in [0.2, 0.25) is 5.78 Å². The number of aryl methyl sites for hydroxylation is 2. The van der Waals surface area contributed by atoms with E-state index in [0.29, 0.717) is 22.0 Å². The van der Waals surface area contributed by atoms with Gasteiger partial charge in [-0.2, -0.15) is 4.98 Å². The number of aromatic nitrogens is 5. The van der Waals surface area contributed by atoms with Crippen LogP contribution in [0.3, 0.4) is 0 Å². The van der Waals surface area contributed by atoms with Gasteiger partial charge < -0.3 is 4.57 Å². The lowest BCUT2D eigenvalue weighted by atomic mass is 10.2. The summed E-state index contributed by atoms with van der Waals surface area (Å²) in [6.07, 6.45) is 2.85. The van der Waals surface area contributed by atoms with Crippen molar-refractivity contribution in [2.45, 2.75) is 39.8 Å². The van der Waals surface area contributed by atoms with E-state index in [1.165, 1.54) is 9.13 Å². The fraction of sp³-hybridized carbons (Fsp3) is 0.350. The van der Waals surface area contributed by atoms with E-state index in [4.69, 9.17) is 11.6 Å². The zero-order valence-corrected chi connectivity index (χ0v) is 17.1. The van der Waals surface area contributed by atoms with E-state index in [-0.39, 0.29) is 23.8 Å². The number of nitrogens with zero attached hydrogens (tertiary/aromatic N) is 5. The molecule has 0 saturated carbocycles. The lowest BCUT2D eigenvalue weighted by molar-refractivity contribution is 0.532. The lowest BCUT2D eigenvalue weighted by Gasteiger charge is -2.12. The van der Waals surface area contributed by atoms with Crippen LogP contribution in [0.25, 0.3) is 16.9 Å². The van der Waals surface area contributed by atoms with E-state index in [0.717, 1.165) is 17.7 Å². The maximum Gasteiger partial charge on any atom is 0.332 e. The van der Waals surface area contributed by atoms with Crippen LogP contribution in [0.1, 0.15) is 37.6 Å². The molecule has 0 aliphatic heterocycles. The molecule has 1 aromatic carbocycles. The van der Waals surface area contributed by atoms with Crippen LogP contribution >= 0.6 is 11.6 Å². The summed E-state index contributed by atoms with van der Waals surface area (Å²) < 4.78 is 6.59. The number of imidazole rings is 2. The summed E-state index contributed by atoms with van der Waals surface area (Å²) in [5.41, 5.74) is 1.93. The summed E-state index contributed by atoms with van der Waals surface area (Å²) in [6.45, 7) is 6.40. The molecule has 7 nitrogen and oxygen atoms in total. The standard InChI is InChI=1S/C20H22ClN5O2/c1-5-12(2)26-13(3)10-24-16-17(22-19(24)26)23(4)20(28)25(18(16)27)11-14-6-8-15(21)9-7-14/h6-10,12H,5,11H2,1-4H3/t12-/m0/s1. The van der Waals surface area contributed by atoms with Crippen LogP contribution in [0.2, 0.25) is 5.02 Å². The maximum absolute atomic E-state index is 13.3. The highest BCUT2D eigenvalue weighted by atomic mass is 35.5. The van der Waals surface area contributed by atoms with Crippen molar-refractivity contribution in [3.63, 3.8) is 0 Å². The molecule has 0 bridgehead atoms. The monoisotopic (exact) mass is 399 g/mol. The van der Waals surface area contributed by atoms with Crippen LogP contribution in [-0.4, -0.2) is 23.1 Å². The first-order valence-corrected chi connectivity index (χ1v) is 9.65. The molecule has 4 rings (SSSR count). The van der Waals surface area contributed by atoms with Gasteiger partial charge in [-0.05, 0) is 38.0 Å². The minimum atomic E-state index is -0.389. The lowest BCUT2D eigenvalue weighted by Crippen LogP contribution is -2.39. The number of benzene rings is 1. The number of fused-ring (bicyclic) bond motifs is 3. The van der Waals surface area contributed by atoms with Crippen LogP contribution in [0.15, 0.2) is 40.1 Å². The Balaban J connectivity index is 2.00. The largest absolute Gasteiger partial charge is 0.332 e. The molecular formula is C20H22ClN5O2. The molecule has 0 radical (unpaired) electrons. The fourth-order valence-corrected chi connectivity index (χ4v) is 3.79. The second kappa shape index (κ2) is 6.67. The second-order valence-electron chi connectivity index (χ2n) is 7.21. The molecule has 28 heavy (non-hydrogen) atoms. The fourth-order valence-electron chi connectivity index (χ4n) is 3.67. The number of hydrogen-bond donors (Lipinski definition) is 0. The van der Waals surface area contributed by atoms with Crippen LogP contribution in [0, 0.1) is 6.92 Å². The molecule has 0 unspecified atom stereocenters. The van der Waals surface area contributed by atoms with Gasteiger partial charge in [0.15, 0.2) is 11.2 Å². The molecule has 0 aliphatic rings. The summed E-state index contributed by atoms with van der Waals surface area (Å²) in [6, 6.07) is 7.36. The molecule has 0 saturated heterocycles. The van der Waals surface area contributed by atoms with Gasteiger partial charge in [0.1, 0.15) is 0 Å². The molecule has 0 fully saturated rings. The van der Waals surface area contributed by atoms with Gasteiger partial charge in [0.05, 0.1) is 6.54 Å². The summed E-state index contributed by atoms with van der Waals surface area (Å²) in [7, 11) is 1.65. The first kappa shape index (κ1) is 18.6. The molecule has 0 spiro atoms. The van der Waals surface area contributed by atoms with Crippen molar-refractivity contribution in [3.8, 4) is 0 Å². The van der Waals surface area contributed by atoms with Gasteiger partial charge in [-0.1, -0.05) is 30.7 Å². The van der Waals surface area contributed by atoms with E-state index >= 15 is 0 Å². The molecule has 0 N–H and O–H groups in total. The molecule has 4 aromatic rings. The van der Waals surface area contributed by atoms with E-state index in [2.05, 4.69) is 23.4 Å². The first-order chi connectivity index (χ1) is 13.3. The smallest absolute Gasteiger partial charge is 0.311 e. The highest BCUT2D eigenvalue weighted by molar-refractivity contribution is 6.30. The van der Waals surface area contributed by atoms with Crippen LogP contribution < -0.4 is 11.2 Å². The highest BCUT2D eigenvalue weighted by Crippen LogP contribution is 2.22. The van der Waals surface area contributed by atoms with Crippen LogP contribution in [-0.2, 0) is 13.6 Å². The summed E-state index contributed by atoms with van der Waals surface area (Å²) in [5, 5.41) is 0.610. The average Bonchev–Trinajstić information content (AvgIpc) is 3.19. The predicted molar refractivity (Wildman–Crippen MR) is 110 cm³/mol. The molecule has 3 aromatic heterocycles. The molecule has 3 heterocycles. The maximum atomic E-state index is 13.3. The highest BCUT2D eigenvalue weighted by Gasteiger charge is 2.21. The summed E-state index contributed by atoms with van der Waals surface area (Å²) in [4.78, 5) is 30.8. The van der Waals surface area contributed by atoms with Crippen molar-refractivity contribution in [3.05, 3.63) is 67.6 Å². The summed E-state index contributed by atoms with van der Waals surface area (Å²) in [5.74, 6) is 0.679. The minimum absolute atomic E-state index is 0.177. The number of rotatable bonds is 4. The Morgan fingerprint density at radius 3 is 2.50 bits per heavy atom. The van der Waals surface area contributed by atoms with E-state index in [9.17, 15) is 9.59 Å². The Morgan fingerprint density at radius 2 is 1.86 bits per heavy atom. The van der Waals surface area contributed by atoms with Crippen molar-refractivity contribution in [2.75, 3.05) is 0 Å². The molecule has 0 amide bonds. The van der Waals surface area contributed by atoms with Crippen molar-refractivity contribution in [1.29, 1.82) is 0 Å². The predicted octanol–water partition coefficient (Wildman–Crippen LogP) is 3.13. The Labute approximate surface area is 166 Å². The van der Waals surface area contributed by atoms with Gasteiger partial charge in [-0.3, -0.25) is 18.3 Å². The zero-order chi connectivity index (χ0) is 20.2. The molecule has 0 aliphatic carbocycles. The van der Waals surface area contributed by atoms with E-state index in [1.54, 1.807) is 23.6 Å². The third kappa shape index (κ3) is 2.69. The Kier molecular flexibility index (Phi) is 4.42. The van der Waals surface area contributed by atoms with Crippen LogP contribution in [0.5, 0.6) is 0 Å². The molecule has 146 valence electrons. The van der Waals surface area contributed by atoms with Crippen molar-refractivity contribution >= 4 is 28.5 Å². The van der Waals surface area contributed by atoms with Crippen molar-refractivity contribution in [2.24, 2.45) is 7.05 Å². The van der Waals surface area contributed by atoms with Gasteiger partial charge in [0.25, 0.3) is 5.56 Å². The van der Waals surface area contributed by atoms with Crippen molar-refractivity contribution < 1.29 is 0 Å². The summed E-state index contributed by atoms with van der Waals surface area (Å²) >= 11 is 5.94. The van der Waals surface area contributed by atoms with Crippen molar-refractivity contribution in [1.82, 2.24) is 23.1 Å². The number of halogens is 1. The quantitative estimate of drug-likeness (QED) is 0.529. The normalized spacial score (nSPS) is 12.9. The van der Waals surface area contributed by atoms with Gasteiger partial charge in [0, 0.05) is 30.0 Å². The number of hydrogen-bond acceptors (Lipinski definition) is 3. The Bertz CT molecular complexity index is 1310. The Hall–Kier alpha value is -2.80. The second-order valence-corrected chi connectivity index (χ2v) is 7.65. The average molecular weight is 400 g/mol. The molecule has 8 heteroatoms. The first-order valence-electron chi connectivity index (χ1n) is 9.27. The van der Waals surface area contributed by atoms with E-state index < -0.39 is 0 Å².